The standard InChI is InChI=1S/C16H28N2O3S/c1-3-4-5-6-7-8-11-21-16-10-9-15(17)12-14(16)13-18-22(2,19)20/h9-10,12,18H,3-8,11,13,17H2,1-2H3. The Labute approximate surface area is 134 Å². The first kappa shape index (κ1) is 18.8. The summed E-state index contributed by atoms with van der Waals surface area (Å²) in [5.74, 6) is 0.693. The van der Waals surface area contributed by atoms with E-state index in [0.717, 1.165) is 24.7 Å². The van der Waals surface area contributed by atoms with E-state index in [0.29, 0.717) is 18.0 Å². The molecule has 0 aliphatic carbocycles. The Balaban J connectivity index is 2.45. The van der Waals surface area contributed by atoms with Crippen molar-refractivity contribution in [2.45, 2.75) is 52.0 Å². The molecule has 0 saturated heterocycles. The Morgan fingerprint density at radius 1 is 1.14 bits per heavy atom. The largest absolute Gasteiger partial charge is 0.493 e. The van der Waals surface area contributed by atoms with Crippen LogP contribution in [-0.4, -0.2) is 21.3 Å². The minimum absolute atomic E-state index is 0.190. The number of hydrogen-bond donors (Lipinski definition) is 2. The van der Waals surface area contributed by atoms with Crippen LogP contribution in [0, 0.1) is 0 Å². The van der Waals surface area contributed by atoms with Gasteiger partial charge in [0.25, 0.3) is 0 Å². The Bertz CT molecular complexity index is 544. The van der Waals surface area contributed by atoms with Gasteiger partial charge in [0, 0.05) is 17.8 Å². The van der Waals surface area contributed by atoms with Crippen LogP contribution >= 0.6 is 0 Å². The average Bonchev–Trinajstić information content (AvgIpc) is 2.45. The van der Waals surface area contributed by atoms with E-state index < -0.39 is 10.0 Å². The fourth-order valence-electron chi connectivity index (χ4n) is 2.15. The molecule has 3 N–H and O–H groups in total. The SMILES string of the molecule is CCCCCCCCOc1ccc(N)cc1CNS(C)(=O)=O. The molecule has 1 aromatic rings. The second-order valence-electron chi connectivity index (χ2n) is 5.58. The fraction of sp³-hybridized carbons (Fsp3) is 0.625. The summed E-state index contributed by atoms with van der Waals surface area (Å²) >= 11 is 0. The minimum Gasteiger partial charge on any atom is -0.493 e. The number of hydrogen-bond acceptors (Lipinski definition) is 4. The number of unbranched alkanes of at least 4 members (excludes halogenated alkanes) is 5. The highest BCUT2D eigenvalue weighted by Gasteiger charge is 2.07. The van der Waals surface area contributed by atoms with E-state index in [2.05, 4.69) is 11.6 Å². The average molecular weight is 328 g/mol. The van der Waals surface area contributed by atoms with E-state index in [-0.39, 0.29) is 6.54 Å². The summed E-state index contributed by atoms with van der Waals surface area (Å²) in [5.41, 5.74) is 7.11. The molecule has 0 amide bonds. The molecule has 0 atom stereocenters. The predicted octanol–water partition coefficient (Wildman–Crippen LogP) is 3.06. The van der Waals surface area contributed by atoms with Crippen LogP contribution in [0.3, 0.4) is 0 Å². The van der Waals surface area contributed by atoms with E-state index in [4.69, 9.17) is 10.5 Å². The highest BCUT2D eigenvalue weighted by Crippen LogP contribution is 2.22. The maximum absolute atomic E-state index is 11.2. The second kappa shape index (κ2) is 9.69. The van der Waals surface area contributed by atoms with Gasteiger partial charge in [-0.3, -0.25) is 0 Å². The Kier molecular flexibility index (Phi) is 8.27. The van der Waals surface area contributed by atoms with E-state index >= 15 is 0 Å². The molecule has 5 nitrogen and oxygen atoms in total. The molecule has 0 saturated carbocycles. The molecule has 0 unspecified atom stereocenters. The quantitative estimate of drug-likeness (QED) is 0.483. The van der Waals surface area contributed by atoms with Gasteiger partial charge in [-0.2, -0.15) is 0 Å². The number of nitrogens with one attached hydrogen (secondary N) is 1. The molecule has 0 aliphatic rings. The smallest absolute Gasteiger partial charge is 0.209 e. The first-order valence-electron chi connectivity index (χ1n) is 7.88. The first-order valence-corrected chi connectivity index (χ1v) is 9.77. The Morgan fingerprint density at radius 3 is 2.50 bits per heavy atom. The number of nitrogens with two attached hydrogens (primary N) is 1. The molecule has 22 heavy (non-hydrogen) atoms. The normalized spacial score (nSPS) is 11.5. The van der Waals surface area contributed by atoms with Crippen molar-refractivity contribution in [2.75, 3.05) is 18.6 Å². The summed E-state index contributed by atoms with van der Waals surface area (Å²) in [5, 5.41) is 0. The van der Waals surface area contributed by atoms with Gasteiger partial charge < -0.3 is 10.5 Å². The van der Waals surface area contributed by atoms with Crippen molar-refractivity contribution in [3.05, 3.63) is 23.8 Å². The molecule has 0 radical (unpaired) electrons. The monoisotopic (exact) mass is 328 g/mol. The number of rotatable bonds is 11. The molecule has 1 aromatic carbocycles. The number of benzene rings is 1. The minimum atomic E-state index is -3.24. The van der Waals surface area contributed by atoms with Crippen molar-refractivity contribution in [2.24, 2.45) is 0 Å². The molecular formula is C16H28N2O3S. The Hall–Kier alpha value is -1.27. The lowest BCUT2D eigenvalue weighted by Crippen LogP contribution is -2.21. The van der Waals surface area contributed by atoms with Crippen molar-refractivity contribution in [3.8, 4) is 5.75 Å². The van der Waals surface area contributed by atoms with E-state index in [1.165, 1.54) is 25.7 Å². The summed E-state index contributed by atoms with van der Waals surface area (Å²) in [6.07, 6.45) is 8.36. The lowest BCUT2D eigenvalue weighted by Gasteiger charge is -2.12. The van der Waals surface area contributed by atoms with E-state index in [1.54, 1.807) is 18.2 Å². The summed E-state index contributed by atoms with van der Waals surface area (Å²) in [6, 6.07) is 5.31. The van der Waals surface area contributed by atoms with Crippen molar-refractivity contribution in [1.29, 1.82) is 0 Å². The maximum Gasteiger partial charge on any atom is 0.209 e. The van der Waals surface area contributed by atoms with Gasteiger partial charge in [0.1, 0.15) is 5.75 Å². The van der Waals surface area contributed by atoms with Crippen LogP contribution in [-0.2, 0) is 16.6 Å². The molecule has 1 rings (SSSR count). The number of sulfonamides is 1. The van der Waals surface area contributed by atoms with Crippen LogP contribution < -0.4 is 15.2 Å². The summed E-state index contributed by atoms with van der Waals surface area (Å²) in [4.78, 5) is 0. The van der Waals surface area contributed by atoms with Gasteiger partial charge in [0.05, 0.1) is 12.9 Å². The summed E-state index contributed by atoms with van der Waals surface area (Å²) in [7, 11) is -3.24. The topological polar surface area (TPSA) is 81.4 Å². The van der Waals surface area contributed by atoms with Crippen LogP contribution in [0.5, 0.6) is 5.75 Å². The van der Waals surface area contributed by atoms with Crippen LogP contribution in [0.2, 0.25) is 0 Å². The highest BCUT2D eigenvalue weighted by molar-refractivity contribution is 7.88. The van der Waals surface area contributed by atoms with Crippen LogP contribution in [0.4, 0.5) is 5.69 Å². The zero-order chi connectivity index (χ0) is 16.4. The lowest BCUT2D eigenvalue weighted by molar-refractivity contribution is 0.301. The van der Waals surface area contributed by atoms with Crippen LogP contribution in [0.1, 0.15) is 51.0 Å². The van der Waals surface area contributed by atoms with Gasteiger partial charge in [-0.25, -0.2) is 13.1 Å². The predicted molar refractivity (Wildman–Crippen MR) is 91.4 cm³/mol. The van der Waals surface area contributed by atoms with E-state index in [1.807, 2.05) is 0 Å². The van der Waals surface area contributed by atoms with Crippen molar-refractivity contribution >= 4 is 15.7 Å². The Morgan fingerprint density at radius 2 is 1.82 bits per heavy atom. The fourth-order valence-corrected chi connectivity index (χ4v) is 2.57. The molecule has 0 heterocycles. The van der Waals surface area contributed by atoms with Gasteiger partial charge in [0.15, 0.2) is 0 Å². The molecule has 0 aromatic heterocycles. The first-order chi connectivity index (χ1) is 10.4. The van der Waals surface area contributed by atoms with Crippen molar-refractivity contribution < 1.29 is 13.2 Å². The zero-order valence-electron chi connectivity index (χ0n) is 13.6. The van der Waals surface area contributed by atoms with Gasteiger partial charge in [-0.05, 0) is 24.6 Å². The summed E-state index contributed by atoms with van der Waals surface area (Å²) in [6.45, 7) is 3.04. The van der Waals surface area contributed by atoms with Gasteiger partial charge in [0.2, 0.25) is 10.0 Å². The zero-order valence-corrected chi connectivity index (χ0v) is 14.4. The van der Waals surface area contributed by atoms with Gasteiger partial charge in [-0.1, -0.05) is 39.0 Å². The number of ether oxygens (including phenoxy) is 1. The lowest BCUT2D eigenvalue weighted by atomic mass is 10.1. The molecule has 0 bridgehead atoms. The van der Waals surface area contributed by atoms with Gasteiger partial charge in [-0.15, -0.1) is 0 Å². The third-order valence-corrected chi connectivity index (χ3v) is 4.03. The van der Waals surface area contributed by atoms with E-state index in [9.17, 15) is 8.42 Å². The third kappa shape index (κ3) is 8.24. The number of nitrogen functional groups attached to an aromatic ring is 1. The van der Waals surface area contributed by atoms with Crippen LogP contribution in [0.25, 0.3) is 0 Å². The maximum atomic E-state index is 11.2. The van der Waals surface area contributed by atoms with Gasteiger partial charge >= 0.3 is 0 Å². The molecule has 0 aliphatic heterocycles. The van der Waals surface area contributed by atoms with Crippen molar-refractivity contribution in [1.82, 2.24) is 4.72 Å². The molecule has 0 fully saturated rings. The van der Waals surface area contributed by atoms with Crippen molar-refractivity contribution in [3.63, 3.8) is 0 Å². The molecule has 0 spiro atoms. The second-order valence-corrected chi connectivity index (χ2v) is 7.41. The summed E-state index contributed by atoms with van der Waals surface area (Å²) < 4.78 is 30.6. The highest BCUT2D eigenvalue weighted by atomic mass is 32.2. The number of anilines is 1. The molecular weight excluding hydrogens is 300 g/mol. The third-order valence-electron chi connectivity index (χ3n) is 3.36. The molecule has 6 heteroatoms. The van der Waals surface area contributed by atoms with Crippen LogP contribution in [0.15, 0.2) is 18.2 Å². The molecule has 126 valence electrons.